The molecular weight excluding hydrogens is 346 g/mol. The zero-order valence-corrected chi connectivity index (χ0v) is 15.5. The number of nitrogens with zero attached hydrogens (tertiary/aromatic N) is 2. The van der Waals surface area contributed by atoms with Crippen LogP contribution in [0.5, 0.6) is 0 Å². The average molecular weight is 367 g/mol. The van der Waals surface area contributed by atoms with Gasteiger partial charge in [0.25, 0.3) is 5.56 Å². The summed E-state index contributed by atoms with van der Waals surface area (Å²) in [7, 11) is 3.32. The van der Waals surface area contributed by atoms with E-state index in [1.807, 2.05) is 0 Å². The molecule has 0 unspecified atom stereocenters. The van der Waals surface area contributed by atoms with Crippen molar-refractivity contribution in [3.63, 3.8) is 0 Å². The molecule has 1 aliphatic rings. The van der Waals surface area contributed by atoms with Crippen LogP contribution in [-0.2, 0) is 29.4 Å². The van der Waals surface area contributed by atoms with E-state index < -0.39 is 0 Å². The van der Waals surface area contributed by atoms with E-state index in [1.165, 1.54) is 28.6 Å². The van der Waals surface area contributed by atoms with Crippen molar-refractivity contribution in [3.8, 4) is 0 Å². The van der Waals surface area contributed by atoms with Gasteiger partial charge in [-0.1, -0.05) is 11.8 Å². The van der Waals surface area contributed by atoms with Crippen LogP contribution in [0.3, 0.4) is 0 Å². The van der Waals surface area contributed by atoms with Gasteiger partial charge in [-0.3, -0.25) is 14.2 Å². The number of ether oxygens (including phenoxy) is 1. The summed E-state index contributed by atoms with van der Waals surface area (Å²) in [6, 6.07) is 0. The second-order valence-corrected chi connectivity index (χ2v) is 7.81. The van der Waals surface area contributed by atoms with Gasteiger partial charge in [-0.15, -0.1) is 11.3 Å². The maximum absolute atomic E-state index is 12.7. The third-order valence-electron chi connectivity index (χ3n) is 4.12. The number of hydrogen-bond acceptors (Lipinski definition) is 6. The summed E-state index contributed by atoms with van der Waals surface area (Å²) < 4.78 is 6.47. The van der Waals surface area contributed by atoms with E-state index in [2.05, 4.69) is 10.3 Å². The van der Waals surface area contributed by atoms with Crippen molar-refractivity contribution in [2.75, 3.05) is 26.0 Å². The van der Waals surface area contributed by atoms with Gasteiger partial charge in [0.2, 0.25) is 5.91 Å². The zero-order valence-electron chi connectivity index (χ0n) is 13.9. The van der Waals surface area contributed by atoms with Gasteiger partial charge in [0, 0.05) is 25.6 Å². The predicted octanol–water partition coefficient (Wildman–Crippen LogP) is 1.73. The van der Waals surface area contributed by atoms with Crippen molar-refractivity contribution in [2.45, 2.75) is 30.8 Å². The van der Waals surface area contributed by atoms with Gasteiger partial charge in [0.15, 0.2) is 5.16 Å². The fourth-order valence-corrected chi connectivity index (χ4v) is 4.97. The van der Waals surface area contributed by atoms with Crippen molar-refractivity contribution in [1.29, 1.82) is 0 Å². The van der Waals surface area contributed by atoms with Gasteiger partial charge in [-0.25, -0.2) is 4.98 Å². The van der Waals surface area contributed by atoms with Crippen LogP contribution in [0.15, 0.2) is 9.95 Å². The summed E-state index contributed by atoms with van der Waals surface area (Å²) in [4.78, 5) is 31.3. The lowest BCUT2D eigenvalue weighted by molar-refractivity contribution is -0.118. The van der Waals surface area contributed by atoms with Crippen LogP contribution in [0.2, 0.25) is 0 Å². The Bertz CT molecular complexity index is 813. The lowest BCUT2D eigenvalue weighted by atomic mass is 9.97. The molecule has 0 bridgehead atoms. The molecule has 0 aromatic carbocycles. The first-order valence-electron chi connectivity index (χ1n) is 8.01. The minimum absolute atomic E-state index is 0.00157. The normalized spacial score (nSPS) is 13.9. The van der Waals surface area contributed by atoms with Gasteiger partial charge in [0.1, 0.15) is 4.83 Å². The molecule has 3 rings (SSSR count). The Morgan fingerprint density at radius 1 is 1.42 bits per heavy atom. The molecule has 24 heavy (non-hydrogen) atoms. The van der Waals surface area contributed by atoms with Crippen LogP contribution in [0.4, 0.5) is 0 Å². The molecule has 1 aliphatic carbocycles. The minimum Gasteiger partial charge on any atom is -0.383 e. The molecule has 2 aromatic heterocycles. The van der Waals surface area contributed by atoms with Crippen molar-refractivity contribution in [2.24, 2.45) is 7.05 Å². The summed E-state index contributed by atoms with van der Waals surface area (Å²) in [5, 5.41) is 4.14. The Morgan fingerprint density at radius 2 is 2.21 bits per heavy atom. The zero-order chi connectivity index (χ0) is 17.1. The Balaban J connectivity index is 1.81. The first-order valence-corrected chi connectivity index (χ1v) is 9.81. The highest BCUT2D eigenvalue weighted by molar-refractivity contribution is 7.99. The third-order valence-corrected chi connectivity index (χ3v) is 6.33. The Morgan fingerprint density at radius 3 is 3.00 bits per heavy atom. The number of rotatable bonds is 6. The predicted molar refractivity (Wildman–Crippen MR) is 97.1 cm³/mol. The van der Waals surface area contributed by atoms with Crippen LogP contribution in [-0.4, -0.2) is 41.5 Å². The van der Waals surface area contributed by atoms with E-state index >= 15 is 0 Å². The molecule has 6 nitrogen and oxygen atoms in total. The molecule has 0 saturated heterocycles. The summed E-state index contributed by atoms with van der Waals surface area (Å²) in [6.07, 6.45) is 4.34. The number of aromatic nitrogens is 2. The molecule has 0 atom stereocenters. The third kappa shape index (κ3) is 3.50. The van der Waals surface area contributed by atoms with Gasteiger partial charge in [-0.2, -0.15) is 0 Å². The molecule has 0 spiro atoms. The Labute approximate surface area is 148 Å². The van der Waals surface area contributed by atoms with E-state index in [-0.39, 0.29) is 17.2 Å². The quantitative estimate of drug-likeness (QED) is 0.478. The van der Waals surface area contributed by atoms with E-state index in [0.717, 1.165) is 29.5 Å². The van der Waals surface area contributed by atoms with Gasteiger partial charge < -0.3 is 10.1 Å². The van der Waals surface area contributed by atoms with Crippen molar-refractivity contribution < 1.29 is 9.53 Å². The maximum Gasteiger partial charge on any atom is 0.262 e. The fraction of sp³-hybridized carbons (Fsp3) is 0.562. The van der Waals surface area contributed by atoms with Gasteiger partial charge >= 0.3 is 0 Å². The highest BCUT2D eigenvalue weighted by Gasteiger charge is 2.21. The number of nitrogens with one attached hydrogen (secondary N) is 1. The smallest absolute Gasteiger partial charge is 0.262 e. The number of carbonyl (C=O) groups is 1. The molecule has 1 amide bonds. The monoisotopic (exact) mass is 367 g/mol. The largest absolute Gasteiger partial charge is 0.383 e. The maximum atomic E-state index is 12.7. The average Bonchev–Trinajstić information content (AvgIpc) is 2.95. The molecule has 0 fully saturated rings. The number of fused-ring (bicyclic) bond motifs is 3. The molecule has 130 valence electrons. The van der Waals surface area contributed by atoms with Crippen LogP contribution in [0, 0.1) is 0 Å². The highest BCUT2D eigenvalue weighted by Crippen LogP contribution is 2.34. The van der Waals surface area contributed by atoms with Gasteiger partial charge in [-0.05, 0) is 31.2 Å². The second kappa shape index (κ2) is 7.67. The van der Waals surface area contributed by atoms with Gasteiger partial charge in [0.05, 0.1) is 17.7 Å². The molecule has 0 saturated carbocycles. The molecule has 0 aliphatic heterocycles. The molecule has 8 heteroatoms. The van der Waals surface area contributed by atoms with E-state index in [4.69, 9.17) is 4.74 Å². The van der Waals surface area contributed by atoms with Crippen LogP contribution in [0.25, 0.3) is 10.2 Å². The molecule has 1 N–H and O–H groups in total. The minimum atomic E-state index is -0.0862. The van der Waals surface area contributed by atoms with E-state index in [0.29, 0.717) is 18.3 Å². The van der Waals surface area contributed by atoms with Crippen LogP contribution < -0.4 is 10.9 Å². The Kier molecular flexibility index (Phi) is 5.57. The van der Waals surface area contributed by atoms with E-state index in [1.54, 1.807) is 30.1 Å². The topological polar surface area (TPSA) is 73.2 Å². The standard InChI is InChI=1S/C16H21N3O3S2/c1-19-15(21)13-10-5-3-4-6-11(10)24-14(13)18-16(19)23-9-12(20)17-7-8-22-2/h3-9H2,1-2H3,(H,17,20). The number of amides is 1. The summed E-state index contributed by atoms with van der Waals surface area (Å²) in [5.74, 6) is 0.150. The number of thioether (sulfide) groups is 1. The lowest BCUT2D eigenvalue weighted by Gasteiger charge is -2.11. The molecule has 2 heterocycles. The lowest BCUT2D eigenvalue weighted by Crippen LogP contribution is -2.29. The number of carbonyl (C=O) groups excluding carboxylic acids is 1. The SMILES string of the molecule is COCCNC(=O)CSc1nc2sc3c(c2c(=O)n1C)CCCC3. The van der Waals surface area contributed by atoms with E-state index in [9.17, 15) is 9.59 Å². The fourth-order valence-electron chi connectivity index (χ4n) is 2.87. The second-order valence-electron chi connectivity index (χ2n) is 5.78. The number of aryl methyl sites for hydroxylation is 2. The molecule has 0 radical (unpaired) electrons. The first kappa shape index (κ1) is 17.4. The van der Waals surface area contributed by atoms with Crippen molar-refractivity contribution in [3.05, 3.63) is 20.8 Å². The summed E-state index contributed by atoms with van der Waals surface area (Å²) in [6.45, 7) is 0.971. The van der Waals surface area contributed by atoms with Crippen molar-refractivity contribution in [1.82, 2.24) is 14.9 Å². The van der Waals surface area contributed by atoms with Crippen LogP contribution in [0.1, 0.15) is 23.3 Å². The van der Waals surface area contributed by atoms with Crippen molar-refractivity contribution >= 4 is 39.2 Å². The highest BCUT2D eigenvalue weighted by atomic mass is 32.2. The molecule has 2 aromatic rings. The number of hydrogen-bond donors (Lipinski definition) is 1. The summed E-state index contributed by atoms with van der Waals surface area (Å²) in [5.41, 5.74) is 1.20. The molecular formula is C16H21N3O3S2. The number of methoxy groups -OCH3 is 1. The first-order chi connectivity index (χ1) is 11.6. The number of thiophene rings is 1. The summed E-state index contributed by atoms with van der Waals surface area (Å²) >= 11 is 2.93. The Hall–Kier alpha value is -1.38. The van der Waals surface area contributed by atoms with Crippen LogP contribution >= 0.6 is 23.1 Å².